The number of carbonyl (C=O) groups excluding carboxylic acids is 1. The first-order valence-electron chi connectivity index (χ1n) is 12.7. The molecule has 0 spiro atoms. The van der Waals surface area contributed by atoms with E-state index in [1.165, 1.54) is 6.07 Å². The van der Waals surface area contributed by atoms with Crippen molar-refractivity contribution >= 4 is 29.3 Å². The van der Waals surface area contributed by atoms with Crippen molar-refractivity contribution in [3.8, 4) is 5.75 Å². The SMILES string of the molecule is C=CCCN(C)CN/N=C/c1ccc(Nc2cc(O)cc(C(=O)NCC)c2)cn1.N=C(CF)N1CCOCC1. The molecule has 0 atom stereocenters. The fourth-order valence-electron chi connectivity index (χ4n) is 3.38. The Balaban J connectivity index is 0.000000446. The molecule has 12 heteroatoms. The molecule has 2 aromatic rings. The first-order valence-corrected chi connectivity index (χ1v) is 12.7. The second-order valence-corrected chi connectivity index (χ2v) is 8.64. The molecule has 0 aliphatic carbocycles. The normalized spacial score (nSPS) is 13.0. The number of alkyl halides is 1. The molecule has 11 nitrogen and oxygen atoms in total. The number of pyridine rings is 1. The standard InChI is InChI=1S/C21H28N6O2.C6H11FN2O/c1-4-6-9-27(3)15-25-24-14-17-7-8-18(13-23-17)26-19-10-16(11-20(28)12-19)21(29)22-5-2;7-5-6(8)9-1-3-10-4-2-9/h4,7-8,10-14,25-26,28H,1,5-6,9,15H2,2-3H3,(H,22,29);8H,1-5H2/b24-14+;. The summed E-state index contributed by atoms with van der Waals surface area (Å²) < 4.78 is 16.9. The molecule has 0 unspecified atom stereocenters. The number of nitrogens with zero attached hydrogens (tertiary/aromatic N) is 4. The summed E-state index contributed by atoms with van der Waals surface area (Å²) in [5.41, 5.74) is 5.38. The van der Waals surface area contributed by atoms with Crippen molar-refractivity contribution in [2.45, 2.75) is 13.3 Å². The van der Waals surface area contributed by atoms with Gasteiger partial charge in [-0.1, -0.05) is 6.08 Å². The lowest BCUT2D eigenvalue weighted by molar-refractivity contribution is 0.0664. The highest BCUT2D eigenvalue weighted by molar-refractivity contribution is 5.95. The van der Waals surface area contributed by atoms with Crippen LogP contribution in [0.15, 0.2) is 54.3 Å². The van der Waals surface area contributed by atoms with E-state index in [9.17, 15) is 14.3 Å². The number of carbonyl (C=O) groups is 1. The van der Waals surface area contributed by atoms with E-state index < -0.39 is 6.67 Å². The Labute approximate surface area is 229 Å². The Morgan fingerprint density at radius 2 is 2.08 bits per heavy atom. The largest absolute Gasteiger partial charge is 0.508 e. The van der Waals surface area contributed by atoms with Crippen LogP contribution in [0.5, 0.6) is 5.75 Å². The summed E-state index contributed by atoms with van der Waals surface area (Å²) >= 11 is 0. The van der Waals surface area contributed by atoms with Gasteiger partial charge in [-0.05, 0) is 44.7 Å². The molecule has 1 aromatic carbocycles. The number of amides is 1. The molecule has 212 valence electrons. The molecule has 1 aliphatic rings. The number of amidine groups is 1. The minimum absolute atomic E-state index is 0.0112. The summed E-state index contributed by atoms with van der Waals surface area (Å²) in [6.45, 7) is 9.49. The van der Waals surface area contributed by atoms with Crippen LogP contribution in [0.25, 0.3) is 0 Å². The Bertz CT molecular complexity index is 1080. The van der Waals surface area contributed by atoms with E-state index in [-0.39, 0.29) is 17.5 Å². The minimum Gasteiger partial charge on any atom is -0.508 e. The van der Waals surface area contributed by atoms with Gasteiger partial charge in [-0.2, -0.15) is 5.10 Å². The van der Waals surface area contributed by atoms with Crippen LogP contribution in [0, 0.1) is 5.41 Å². The number of phenols is 1. The van der Waals surface area contributed by atoms with Gasteiger partial charge in [0.05, 0.1) is 43.7 Å². The number of anilines is 2. The lowest BCUT2D eigenvalue weighted by Gasteiger charge is -2.27. The summed E-state index contributed by atoms with van der Waals surface area (Å²) in [7, 11) is 2.00. The molecule has 5 N–H and O–H groups in total. The number of aromatic hydroxyl groups is 1. The van der Waals surface area contributed by atoms with Crippen molar-refractivity contribution in [2.75, 3.05) is 65.1 Å². The van der Waals surface area contributed by atoms with Crippen LogP contribution < -0.4 is 16.1 Å². The van der Waals surface area contributed by atoms with E-state index in [1.807, 2.05) is 32.2 Å². The maximum atomic E-state index is 12.0. The Morgan fingerprint density at radius 1 is 1.31 bits per heavy atom. The molecule has 1 fully saturated rings. The van der Waals surface area contributed by atoms with E-state index in [0.29, 0.717) is 56.5 Å². The maximum absolute atomic E-state index is 12.0. The number of hydrogen-bond acceptors (Lipinski definition) is 9. The zero-order valence-electron chi connectivity index (χ0n) is 22.6. The van der Waals surface area contributed by atoms with Crippen LogP contribution in [0.4, 0.5) is 15.8 Å². The van der Waals surface area contributed by atoms with Gasteiger partial charge >= 0.3 is 0 Å². The number of halogens is 1. The predicted octanol–water partition coefficient (Wildman–Crippen LogP) is 2.93. The van der Waals surface area contributed by atoms with Gasteiger partial charge < -0.3 is 25.4 Å². The first-order chi connectivity index (χ1) is 18.9. The third-order valence-corrected chi connectivity index (χ3v) is 5.46. The fourth-order valence-corrected chi connectivity index (χ4v) is 3.38. The van der Waals surface area contributed by atoms with Crippen molar-refractivity contribution < 1.29 is 19.0 Å². The summed E-state index contributed by atoms with van der Waals surface area (Å²) in [5, 5.41) is 27.0. The van der Waals surface area contributed by atoms with Gasteiger partial charge in [0.25, 0.3) is 5.91 Å². The summed E-state index contributed by atoms with van der Waals surface area (Å²) in [4.78, 5) is 20.1. The quantitative estimate of drug-likeness (QED) is 0.0908. The molecular weight excluding hydrogens is 503 g/mol. The van der Waals surface area contributed by atoms with Gasteiger partial charge in [0, 0.05) is 43.5 Å². The van der Waals surface area contributed by atoms with Crippen LogP contribution >= 0.6 is 0 Å². The second kappa shape index (κ2) is 17.5. The average molecular weight is 543 g/mol. The van der Waals surface area contributed by atoms with E-state index in [4.69, 9.17) is 10.1 Å². The molecule has 0 saturated carbocycles. The number of aromatic nitrogens is 1. The van der Waals surface area contributed by atoms with Crippen LogP contribution in [0.3, 0.4) is 0 Å². The Hall–Kier alpha value is -4.03. The number of phenolic OH excluding ortho intramolecular Hbond substituents is 1. The minimum atomic E-state index is -0.667. The van der Waals surface area contributed by atoms with Crippen molar-refractivity contribution in [2.24, 2.45) is 5.10 Å². The van der Waals surface area contributed by atoms with Crippen molar-refractivity contribution in [3.05, 3.63) is 60.4 Å². The van der Waals surface area contributed by atoms with Crippen LogP contribution in [-0.2, 0) is 4.74 Å². The molecular formula is C27H39FN8O3. The average Bonchev–Trinajstić information content (AvgIpc) is 2.95. The molecule has 1 aliphatic heterocycles. The van der Waals surface area contributed by atoms with Crippen LogP contribution in [-0.4, -0.2) is 97.6 Å². The van der Waals surface area contributed by atoms with Crippen LogP contribution in [0.2, 0.25) is 0 Å². The van der Waals surface area contributed by atoms with E-state index in [0.717, 1.165) is 18.7 Å². The zero-order valence-corrected chi connectivity index (χ0v) is 22.6. The van der Waals surface area contributed by atoms with E-state index >= 15 is 0 Å². The number of hydrazone groups is 1. The van der Waals surface area contributed by atoms with Gasteiger partial charge in [0.15, 0.2) is 0 Å². The molecule has 0 bridgehead atoms. The molecule has 39 heavy (non-hydrogen) atoms. The topological polar surface area (TPSA) is 138 Å². The van der Waals surface area contributed by atoms with E-state index in [2.05, 4.69) is 37.6 Å². The highest BCUT2D eigenvalue weighted by Gasteiger charge is 2.12. The second-order valence-electron chi connectivity index (χ2n) is 8.64. The van der Waals surface area contributed by atoms with Crippen molar-refractivity contribution in [1.82, 2.24) is 25.5 Å². The summed E-state index contributed by atoms with van der Waals surface area (Å²) in [6, 6.07) is 8.32. The summed E-state index contributed by atoms with van der Waals surface area (Å²) in [6.07, 6.45) is 6.12. The fraction of sp³-hybridized carbons (Fsp3) is 0.407. The highest BCUT2D eigenvalue weighted by Crippen LogP contribution is 2.23. The monoisotopic (exact) mass is 542 g/mol. The number of morpholine rings is 1. The Morgan fingerprint density at radius 3 is 2.72 bits per heavy atom. The molecule has 3 rings (SSSR count). The number of hydrogen-bond donors (Lipinski definition) is 5. The van der Waals surface area contributed by atoms with Gasteiger partial charge in [-0.15, -0.1) is 6.58 Å². The number of ether oxygens (including phenoxy) is 1. The molecule has 0 radical (unpaired) electrons. The van der Waals surface area contributed by atoms with Crippen molar-refractivity contribution in [3.63, 3.8) is 0 Å². The Kier molecular flexibility index (Phi) is 14.0. The number of benzene rings is 1. The molecule has 1 saturated heterocycles. The van der Waals surface area contributed by atoms with Gasteiger partial charge in [-0.3, -0.25) is 25.5 Å². The van der Waals surface area contributed by atoms with Gasteiger partial charge in [-0.25, -0.2) is 4.39 Å². The zero-order chi connectivity index (χ0) is 28.5. The lowest BCUT2D eigenvalue weighted by Crippen LogP contribution is -2.41. The van der Waals surface area contributed by atoms with Crippen molar-refractivity contribution in [1.29, 1.82) is 5.41 Å². The lowest BCUT2D eigenvalue weighted by atomic mass is 10.1. The number of rotatable bonds is 12. The molecule has 1 aromatic heterocycles. The van der Waals surface area contributed by atoms with Gasteiger partial charge in [0.1, 0.15) is 18.3 Å². The smallest absolute Gasteiger partial charge is 0.251 e. The first kappa shape index (κ1) is 31.2. The molecule has 1 amide bonds. The maximum Gasteiger partial charge on any atom is 0.251 e. The third kappa shape index (κ3) is 11.9. The van der Waals surface area contributed by atoms with Gasteiger partial charge in [0.2, 0.25) is 0 Å². The predicted molar refractivity (Wildman–Crippen MR) is 153 cm³/mol. The number of nitrogens with one attached hydrogen (secondary N) is 4. The third-order valence-electron chi connectivity index (χ3n) is 5.46. The molecule has 2 heterocycles. The van der Waals surface area contributed by atoms with E-state index in [1.54, 1.807) is 29.4 Å². The highest BCUT2D eigenvalue weighted by atomic mass is 19.1. The summed E-state index contributed by atoms with van der Waals surface area (Å²) in [5.74, 6) is -0.154. The van der Waals surface area contributed by atoms with Crippen LogP contribution in [0.1, 0.15) is 29.4 Å².